The molecule has 1 atom stereocenters. The third kappa shape index (κ3) is 4.50. The summed E-state index contributed by atoms with van der Waals surface area (Å²) in [5.74, 6) is 0.286. The van der Waals surface area contributed by atoms with Gasteiger partial charge in [0.2, 0.25) is 0 Å². The van der Waals surface area contributed by atoms with Crippen LogP contribution < -0.4 is 0 Å². The fraction of sp³-hybridized carbons (Fsp3) is 0.875. The first kappa shape index (κ1) is 9.63. The van der Waals surface area contributed by atoms with Crippen molar-refractivity contribution in [2.75, 3.05) is 14.1 Å². The summed E-state index contributed by atoms with van der Waals surface area (Å²) in [6.45, 7) is 3.77. The highest BCUT2D eigenvalue weighted by Gasteiger charge is 2.04. The molecule has 0 radical (unpaired) electrons. The van der Waals surface area contributed by atoms with Crippen molar-refractivity contribution in [1.82, 2.24) is 4.90 Å². The third-order valence-corrected chi connectivity index (χ3v) is 1.80. The van der Waals surface area contributed by atoms with Crippen LogP contribution in [0.1, 0.15) is 26.7 Å². The van der Waals surface area contributed by atoms with E-state index >= 15 is 0 Å². The molecular formula is C8H17NO. The molecule has 0 rings (SSSR count). The van der Waals surface area contributed by atoms with Crippen LogP contribution in [0.5, 0.6) is 0 Å². The molecule has 0 aliphatic heterocycles. The zero-order valence-corrected chi connectivity index (χ0v) is 7.35. The summed E-state index contributed by atoms with van der Waals surface area (Å²) in [7, 11) is 4.07. The predicted octanol–water partition coefficient (Wildman–Crippen LogP) is 1.31. The first-order valence-corrected chi connectivity index (χ1v) is 3.70. The highest BCUT2D eigenvalue weighted by molar-refractivity contribution is 5.75. The van der Waals surface area contributed by atoms with E-state index in [1.165, 1.54) is 0 Å². The Bertz CT molecular complexity index is 110. The molecule has 60 valence electrons. The predicted molar refractivity (Wildman–Crippen MR) is 43.1 cm³/mol. The van der Waals surface area contributed by atoms with E-state index in [4.69, 9.17) is 0 Å². The fourth-order valence-corrected chi connectivity index (χ4v) is 0.670. The maximum Gasteiger partial charge on any atom is 0.129 e. The molecular weight excluding hydrogens is 126 g/mol. The minimum Gasteiger partial charge on any atom is -0.307 e. The van der Waals surface area contributed by atoms with Crippen LogP contribution in [0.4, 0.5) is 0 Å². The number of hydrogen-bond donors (Lipinski definition) is 0. The highest BCUT2D eigenvalue weighted by atomic mass is 16.1. The molecule has 0 aliphatic carbocycles. The second kappa shape index (κ2) is 4.45. The molecule has 0 saturated heterocycles. The number of carbonyl (C=O) groups excluding carboxylic acids is 1. The quantitative estimate of drug-likeness (QED) is 0.591. The molecule has 0 spiro atoms. The summed E-state index contributed by atoms with van der Waals surface area (Å²) < 4.78 is 0. The number of rotatable bonds is 4. The van der Waals surface area contributed by atoms with Gasteiger partial charge in [-0.15, -0.1) is 0 Å². The van der Waals surface area contributed by atoms with Crippen molar-refractivity contribution in [2.45, 2.75) is 32.7 Å². The van der Waals surface area contributed by atoms with Crippen molar-refractivity contribution >= 4 is 5.78 Å². The van der Waals surface area contributed by atoms with Gasteiger partial charge in [0.1, 0.15) is 5.78 Å². The molecule has 10 heavy (non-hydrogen) atoms. The number of hydrogen-bond acceptors (Lipinski definition) is 2. The van der Waals surface area contributed by atoms with E-state index in [2.05, 4.69) is 11.8 Å². The van der Waals surface area contributed by atoms with Crippen LogP contribution in [0.3, 0.4) is 0 Å². The third-order valence-electron chi connectivity index (χ3n) is 1.80. The van der Waals surface area contributed by atoms with E-state index in [0.717, 1.165) is 6.42 Å². The average molecular weight is 143 g/mol. The second-order valence-corrected chi connectivity index (χ2v) is 3.05. The van der Waals surface area contributed by atoms with E-state index in [9.17, 15) is 4.79 Å². The zero-order chi connectivity index (χ0) is 8.15. The molecule has 0 N–H and O–H groups in total. The number of carbonyl (C=O) groups is 1. The summed E-state index contributed by atoms with van der Waals surface area (Å²) in [5.41, 5.74) is 0. The molecule has 0 aromatic rings. The van der Waals surface area contributed by atoms with Crippen LogP contribution in [-0.2, 0) is 4.79 Å². The van der Waals surface area contributed by atoms with Crippen LogP contribution in [0.15, 0.2) is 0 Å². The normalized spacial score (nSPS) is 13.7. The molecule has 0 fully saturated rings. The van der Waals surface area contributed by atoms with Crippen molar-refractivity contribution in [3.63, 3.8) is 0 Å². The molecule has 0 amide bonds. The molecule has 2 heteroatoms. The van der Waals surface area contributed by atoms with E-state index < -0.39 is 0 Å². The average Bonchev–Trinajstić information content (AvgIpc) is 1.82. The monoisotopic (exact) mass is 143 g/mol. The lowest BCUT2D eigenvalue weighted by Gasteiger charge is -2.18. The number of nitrogens with zero attached hydrogens (tertiary/aromatic N) is 1. The summed E-state index contributed by atoms with van der Waals surface area (Å²) in [6.07, 6.45) is 1.68. The Balaban J connectivity index is 3.39. The standard InChI is InChI=1S/C8H17NO/c1-7(9(3)4)5-6-8(2)10/h7H,5-6H2,1-4H3. The molecule has 2 nitrogen and oxygen atoms in total. The minimum absolute atomic E-state index is 0.286. The Morgan fingerprint density at radius 2 is 2.00 bits per heavy atom. The van der Waals surface area contributed by atoms with Crippen molar-refractivity contribution in [2.24, 2.45) is 0 Å². The van der Waals surface area contributed by atoms with Gasteiger partial charge in [-0.25, -0.2) is 0 Å². The van der Waals surface area contributed by atoms with Gasteiger partial charge in [0.25, 0.3) is 0 Å². The maximum absolute atomic E-state index is 10.6. The molecule has 0 heterocycles. The Hall–Kier alpha value is -0.370. The van der Waals surface area contributed by atoms with Crippen molar-refractivity contribution in [3.8, 4) is 0 Å². The minimum atomic E-state index is 0.286. The molecule has 0 saturated carbocycles. The second-order valence-electron chi connectivity index (χ2n) is 3.05. The van der Waals surface area contributed by atoms with Gasteiger partial charge in [-0.1, -0.05) is 0 Å². The molecule has 0 aromatic carbocycles. The lowest BCUT2D eigenvalue weighted by Crippen LogP contribution is -2.24. The van der Waals surface area contributed by atoms with Gasteiger partial charge in [-0.3, -0.25) is 0 Å². The zero-order valence-electron chi connectivity index (χ0n) is 7.35. The Kier molecular flexibility index (Phi) is 4.28. The van der Waals surface area contributed by atoms with Gasteiger partial charge in [-0.05, 0) is 34.4 Å². The smallest absolute Gasteiger partial charge is 0.129 e. The summed E-state index contributed by atoms with van der Waals surface area (Å²) >= 11 is 0. The highest BCUT2D eigenvalue weighted by Crippen LogP contribution is 2.01. The number of Topliss-reactive ketones (excluding diaryl/α,β-unsaturated/α-hetero) is 1. The number of ketones is 1. The Morgan fingerprint density at radius 1 is 1.50 bits per heavy atom. The topological polar surface area (TPSA) is 20.3 Å². The summed E-state index contributed by atoms with van der Waals surface area (Å²) in [4.78, 5) is 12.7. The SMILES string of the molecule is CC(=O)CCC(C)N(C)C. The molecule has 1 unspecified atom stereocenters. The van der Waals surface area contributed by atoms with Gasteiger partial charge in [0.15, 0.2) is 0 Å². The van der Waals surface area contributed by atoms with Crippen LogP contribution >= 0.6 is 0 Å². The van der Waals surface area contributed by atoms with E-state index in [-0.39, 0.29) is 5.78 Å². The van der Waals surface area contributed by atoms with Crippen molar-refractivity contribution < 1.29 is 4.79 Å². The van der Waals surface area contributed by atoms with Gasteiger partial charge in [0, 0.05) is 12.5 Å². The van der Waals surface area contributed by atoms with Gasteiger partial charge in [-0.2, -0.15) is 0 Å². The van der Waals surface area contributed by atoms with Crippen LogP contribution in [0.25, 0.3) is 0 Å². The Labute approximate surface area is 63.2 Å². The lowest BCUT2D eigenvalue weighted by molar-refractivity contribution is -0.117. The van der Waals surface area contributed by atoms with Gasteiger partial charge in [0.05, 0.1) is 0 Å². The van der Waals surface area contributed by atoms with Crippen molar-refractivity contribution in [1.29, 1.82) is 0 Å². The van der Waals surface area contributed by atoms with Gasteiger partial charge < -0.3 is 9.69 Å². The maximum atomic E-state index is 10.6. The lowest BCUT2D eigenvalue weighted by atomic mass is 10.1. The van der Waals surface area contributed by atoms with Gasteiger partial charge >= 0.3 is 0 Å². The van der Waals surface area contributed by atoms with E-state index in [1.807, 2.05) is 14.1 Å². The van der Waals surface area contributed by atoms with Crippen LogP contribution in [0, 0.1) is 0 Å². The Morgan fingerprint density at radius 3 is 2.30 bits per heavy atom. The molecule has 0 aromatic heterocycles. The molecule has 0 aliphatic rings. The van der Waals surface area contributed by atoms with Crippen LogP contribution in [0.2, 0.25) is 0 Å². The van der Waals surface area contributed by atoms with Crippen molar-refractivity contribution in [3.05, 3.63) is 0 Å². The summed E-state index contributed by atoms with van der Waals surface area (Å²) in [5, 5.41) is 0. The molecule has 0 bridgehead atoms. The fourth-order valence-electron chi connectivity index (χ4n) is 0.670. The van der Waals surface area contributed by atoms with Crippen LogP contribution in [-0.4, -0.2) is 30.8 Å². The van der Waals surface area contributed by atoms with E-state index in [1.54, 1.807) is 6.92 Å². The first-order valence-electron chi connectivity index (χ1n) is 3.70. The first-order chi connectivity index (χ1) is 4.54. The largest absolute Gasteiger partial charge is 0.307 e. The van der Waals surface area contributed by atoms with E-state index in [0.29, 0.717) is 12.5 Å². The summed E-state index contributed by atoms with van der Waals surface area (Å²) in [6, 6.07) is 0.517.